The number of hydrogen-bond acceptors (Lipinski definition) is 5. The van der Waals surface area contributed by atoms with Crippen molar-refractivity contribution in [3.05, 3.63) is 64.7 Å². The van der Waals surface area contributed by atoms with Crippen LogP contribution in [0, 0.1) is 6.92 Å². The molecule has 1 atom stereocenters. The molecule has 2 aliphatic rings. The zero-order valence-corrected chi connectivity index (χ0v) is 22.3. The molecule has 2 aromatic rings. The highest BCUT2D eigenvalue weighted by atomic mass is 35.5. The zero-order valence-electron chi connectivity index (χ0n) is 20.8. The van der Waals surface area contributed by atoms with Crippen LogP contribution in [-0.4, -0.2) is 40.3 Å². The number of halogens is 1. The number of hydrogen-bond donors (Lipinski definition) is 1. The van der Waals surface area contributed by atoms with Crippen LogP contribution in [0.2, 0.25) is 5.02 Å². The molecule has 1 aliphatic carbocycles. The fourth-order valence-electron chi connectivity index (χ4n) is 4.36. The van der Waals surface area contributed by atoms with Crippen LogP contribution in [0.4, 0.5) is 11.4 Å². The molecule has 1 heterocycles. The Morgan fingerprint density at radius 2 is 2.06 bits per heavy atom. The summed E-state index contributed by atoms with van der Waals surface area (Å²) in [7, 11) is 0. The average molecular weight is 526 g/mol. The van der Waals surface area contributed by atoms with Crippen LogP contribution in [0.15, 0.2) is 59.1 Å². The van der Waals surface area contributed by atoms with E-state index in [1.807, 2.05) is 44.2 Å². The summed E-state index contributed by atoms with van der Waals surface area (Å²) in [5.74, 6) is 0.368. The van der Waals surface area contributed by atoms with Crippen LogP contribution in [0.3, 0.4) is 0 Å². The van der Waals surface area contributed by atoms with Gasteiger partial charge in [0, 0.05) is 23.7 Å². The summed E-state index contributed by atoms with van der Waals surface area (Å²) in [5.41, 5.74) is 3.53. The number of rotatable bonds is 9. The van der Waals surface area contributed by atoms with Crippen molar-refractivity contribution in [3.8, 4) is 5.75 Å². The van der Waals surface area contributed by atoms with Crippen molar-refractivity contribution in [2.24, 2.45) is 4.99 Å². The first-order valence-electron chi connectivity index (χ1n) is 12.5. The predicted molar refractivity (Wildman–Crippen MR) is 148 cm³/mol. The molecule has 1 fully saturated rings. The van der Waals surface area contributed by atoms with E-state index < -0.39 is 5.25 Å². The van der Waals surface area contributed by atoms with Crippen LogP contribution in [0.25, 0.3) is 0 Å². The van der Waals surface area contributed by atoms with E-state index in [1.165, 1.54) is 30.2 Å². The normalized spacial score (nSPS) is 18.9. The molecule has 190 valence electrons. The van der Waals surface area contributed by atoms with E-state index >= 15 is 0 Å². The van der Waals surface area contributed by atoms with Crippen molar-refractivity contribution in [2.75, 3.05) is 18.5 Å². The van der Waals surface area contributed by atoms with E-state index in [1.54, 1.807) is 17.0 Å². The predicted octanol–water partition coefficient (Wildman–Crippen LogP) is 6.90. The number of aliphatic imine (C=N–C) groups is 1. The van der Waals surface area contributed by atoms with E-state index in [4.69, 9.17) is 21.3 Å². The number of ether oxygens (including phenoxy) is 1. The van der Waals surface area contributed by atoms with Gasteiger partial charge in [0.05, 0.1) is 6.61 Å². The Balaban J connectivity index is 1.53. The lowest BCUT2D eigenvalue weighted by Gasteiger charge is -2.19. The summed E-state index contributed by atoms with van der Waals surface area (Å²) in [5, 5.41) is 3.57. The van der Waals surface area contributed by atoms with E-state index in [2.05, 4.69) is 11.4 Å². The van der Waals surface area contributed by atoms with E-state index in [-0.39, 0.29) is 18.2 Å². The first-order chi connectivity index (χ1) is 17.5. The summed E-state index contributed by atoms with van der Waals surface area (Å²) in [6, 6.07) is 12.9. The number of benzene rings is 2. The third kappa shape index (κ3) is 6.51. The SMILES string of the molecule is CCOc1ccccc1N=C1S[C@@H](CC(=O)Nc2cccc(Cl)c2C)C(=O)N1CCC1=CCCCC1. The molecule has 0 bridgehead atoms. The fourth-order valence-corrected chi connectivity index (χ4v) is 5.71. The second-order valence-corrected chi connectivity index (χ2v) is 10.5. The topological polar surface area (TPSA) is 71.0 Å². The second-order valence-electron chi connectivity index (χ2n) is 8.91. The minimum absolute atomic E-state index is 0.0563. The largest absolute Gasteiger partial charge is 0.492 e. The number of allylic oxidation sites excluding steroid dienone is 1. The maximum Gasteiger partial charge on any atom is 0.242 e. The van der Waals surface area contributed by atoms with Crippen molar-refractivity contribution in [1.82, 2.24) is 4.90 Å². The molecule has 1 saturated heterocycles. The molecule has 0 radical (unpaired) electrons. The number of carbonyl (C=O) groups excluding carboxylic acids is 2. The highest BCUT2D eigenvalue weighted by Gasteiger charge is 2.39. The molecular weight excluding hydrogens is 494 g/mol. The van der Waals surface area contributed by atoms with Crippen LogP contribution < -0.4 is 10.1 Å². The average Bonchev–Trinajstić information content (AvgIpc) is 3.16. The van der Waals surface area contributed by atoms with Crippen molar-refractivity contribution < 1.29 is 14.3 Å². The monoisotopic (exact) mass is 525 g/mol. The van der Waals surface area contributed by atoms with Crippen LogP contribution in [-0.2, 0) is 9.59 Å². The van der Waals surface area contributed by atoms with Gasteiger partial charge >= 0.3 is 0 Å². The van der Waals surface area contributed by atoms with Crippen molar-refractivity contribution in [2.45, 2.75) is 57.6 Å². The molecule has 0 unspecified atom stereocenters. The lowest BCUT2D eigenvalue weighted by Crippen LogP contribution is -2.34. The van der Waals surface area contributed by atoms with Gasteiger partial charge in [0.1, 0.15) is 16.7 Å². The summed E-state index contributed by atoms with van der Waals surface area (Å²) in [4.78, 5) is 32.9. The maximum absolute atomic E-state index is 13.5. The Hall–Kier alpha value is -2.77. The summed E-state index contributed by atoms with van der Waals surface area (Å²) in [6.07, 6.45) is 7.79. The number of nitrogens with zero attached hydrogens (tertiary/aromatic N) is 2. The number of amidine groups is 1. The highest BCUT2D eigenvalue weighted by molar-refractivity contribution is 8.15. The minimum atomic E-state index is -0.539. The van der Waals surface area contributed by atoms with Crippen LogP contribution in [0.5, 0.6) is 5.75 Å². The van der Waals surface area contributed by atoms with Gasteiger partial charge in [-0.3, -0.25) is 14.5 Å². The van der Waals surface area contributed by atoms with Gasteiger partial charge < -0.3 is 10.1 Å². The lowest BCUT2D eigenvalue weighted by atomic mass is 9.97. The van der Waals surface area contributed by atoms with E-state index in [9.17, 15) is 9.59 Å². The van der Waals surface area contributed by atoms with Crippen molar-refractivity contribution >= 4 is 51.7 Å². The molecule has 0 aromatic heterocycles. The molecule has 0 spiro atoms. The molecule has 6 nitrogen and oxygen atoms in total. The van der Waals surface area contributed by atoms with Crippen LogP contribution in [0.1, 0.15) is 51.0 Å². The van der Waals surface area contributed by atoms with Gasteiger partial charge in [-0.05, 0) is 75.8 Å². The zero-order chi connectivity index (χ0) is 25.5. The standard InChI is InChI=1S/C28H32ClN3O3S/c1-3-35-24-15-8-7-13-23(24)31-28-32(17-16-20-10-5-4-6-11-20)27(34)25(36-28)18-26(33)30-22-14-9-12-21(29)19(22)2/h7-10,12-15,25H,3-6,11,16-18H2,1-2H3,(H,30,33)/t25-/m0/s1. The Morgan fingerprint density at radius 3 is 2.83 bits per heavy atom. The second kappa shape index (κ2) is 12.5. The summed E-state index contributed by atoms with van der Waals surface area (Å²) >= 11 is 7.54. The van der Waals surface area contributed by atoms with Crippen molar-refractivity contribution in [3.63, 3.8) is 0 Å². The van der Waals surface area contributed by atoms with Crippen LogP contribution >= 0.6 is 23.4 Å². The Bertz CT molecular complexity index is 1180. The smallest absolute Gasteiger partial charge is 0.242 e. The molecule has 0 saturated carbocycles. The van der Waals surface area contributed by atoms with E-state index in [0.717, 1.165) is 24.8 Å². The summed E-state index contributed by atoms with van der Waals surface area (Å²) in [6.45, 7) is 4.87. The molecule has 4 rings (SSSR count). The number of anilines is 1. The van der Waals surface area contributed by atoms with Gasteiger partial charge in [-0.1, -0.05) is 53.2 Å². The Labute approximate surface area is 222 Å². The van der Waals surface area contributed by atoms with Gasteiger partial charge in [-0.2, -0.15) is 0 Å². The minimum Gasteiger partial charge on any atom is -0.492 e. The fraction of sp³-hybridized carbons (Fsp3) is 0.393. The number of amides is 2. The molecule has 2 aromatic carbocycles. The first-order valence-corrected chi connectivity index (χ1v) is 13.7. The third-order valence-electron chi connectivity index (χ3n) is 6.36. The highest BCUT2D eigenvalue weighted by Crippen LogP contribution is 2.36. The number of nitrogens with one attached hydrogen (secondary N) is 1. The van der Waals surface area contributed by atoms with Gasteiger partial charge in [-0.25, -0.2) is 4.99 Å². The number of para-hydroxylation sites is 2. The number of carbonyl (C=O) groups is 2. The molecule has 8 heteroatoms. The molecular formula is C28H32ClN3O3S. The van der Waals surface area contributed by atoms with Gasteiger partial charge in [0.25, 0.3) is 0 Å². The molecule has 1 aliphatic heterocycles. The van der Waals surface area contributed by atoms with Gasteiger partial charge in [0.15, 0.2) is 5.17 Å². The van der Waals surface area contributed by atoms with Crippen molar-refractivity contribution in [1.29, 1.82) is 0 Å². The quantitative estimate of drug-likeness (QED) is 0.361. The molecule has 2 amide bonds. The third-order valence-corrected chi connectivity index (χ3v) is 7.94. The van der Waals surface area contributed by atoms with E-state index in [0.29, 0.717) is 40.5 Å². The molecule has 36 heavy (non-hydrogen) atoms. The van der Waals surface area contributed by atoms with Gasteiger partial charge in [-0.15, -0.1) is 0 Å². The lowest BCUT2D eigenvalue weighted by molar-refractivity contribution is -0.128. The maximum atomic E-state index is 13.5. The Kier molecular flexibility index (Phi) is 9.10. The van der Waals surface area contributed by atoms with Gasteiger partial charge in [0.2, 0.25) is 11.8 Å². The molecule has 1 N–H and O–H groups in total. The Morgan fingerprint density at radius 1 is 1.22 bits per heavy atom. The first kappa shape index (κ1) is 26.3. The summed E-state index contributed by atoms with van der Waals surface area (Å²) < 4.78 is 5.74. The number of thioether (sulfide) groups is 1.